The Bertz CT molecular complexity index is 446. The minimum Gasteiger partial charge on any atom is -0.430 e. The normalized spacial score (nSPS) is 32.0. The Balaban J connectivity index is 1.18. The molecule has 0 bridgehead atoms. The molecule has 3 fully saturated rings. The number of rotatable bonds is 9. The summed E-state index contributed by atoms with van der Waals surface area (Å²) in [6.45, 7) is 3.07. The summed E-state index contributed by atoms with van der Waals surface area (Å²) in [5.74, 6) is 1.15. The van der Waals surface area contributed by atoms with Crippen LogP contribution in [0.25, 0.3) is 0 Å². The largest absolute Gasteiger partial charge is 0.508 e. The number of carbonyl (C=O) groups is 2. The summed E-state index contributed by atoms with van der Waals surface area (Å²) in [7, 11) is 0. The summed E-state index contributed by atoms with van der Waals surface area (Å²) in [5.41, 5.74) is 0. The molecule has 2 heterocycles. The van der Waals surface area contributed by atoms with Gasteiger partial charge in [-0.2, -0.15) is 0 Å². The molecule has 2 atom stereocenters. The molecule has 25 heavy (non-hydrogen) atoms. The van der Waals surface area contributed by atoms with Crippen LogP contribution in [0.3, 0.4) is 0 Å². The van der Waals surface area contributed by atoms with E-state index in [0.717, 1.165) is 32.3 Å². The predicted octanol–water partition coefficient (Wildman–Crippen LogP) is 2.29. The first kappa shape index (κ1) is 18.3. The Morgan fingerprint density at radius 2 is 1.32 bits per heavy atom. The van der Waals surface area contributed by atoms with Crippen molar-refractivity contribution in [2.24, 2.45) is 11.8 Å². The van der Waals surface area contributed by atoms with Crippen molar-refractivity contribution in [2.45, 2.75) is 44.3 Å². The molecule has 0 aromatic heterocycles. The molecule has 2 unspecified atom stereocenters. The highest BCUT2D eigenvalue weighted by molar-refractivity contribution is 5.62. The van der Waals surface area contributed by atoms with Crippen LogP contribution in [0, 0.1) is 11.8 Å². The lowest BCUT2D eigenvalue weighted by molar-refractivity contribution is 0.0132. The smallest absolute Gasteiger partial charge is 0.430 e. The van der Waals surface area contributed by atoms with E-state index in [2.05, 4.69) is 0 Å². The highest BCUT2D eigenvalue weighted by Gasteiger charge is 2.27. The molecule has 1 saturated carbocycles. The molecule has 0 amide bonds. The lowest BCUT2D eigenvalue weighted by Gasteiger charge is -2.28. The topological polar surface area (TPSA) is 89.5 Å². The maximum absolute atomic E-state index is 10.8. The summed E-state index contributed by atoms with van der Waals surface area (Å²) in [6, 6.07) is 0. The standard InChI is InChI=1S/C17H26O8/c18-16-22-10-14(24-16)5-6-20-7-12-1-3-13(4-2-12)8-21-9-15-11-23-17(19)25-15/h12-15H,1-11H2. The maximum Gasteiger partial charge on any atom is 0.508 e. The van der Waals surface area contributed by atoms with E-state index in [0.29, 0.717) is 44.7 Å². The molecule has 0 spiro atoms. The van der Waals surface area contributed by atoms with Crippen molar-refractivity contribution < 1.29 is 38.0 Å². The predicted molar refractivity (Wildman–Crippen MR) is 84.1 cm³/mol. The first-order chi connectivity index (χ1) is 12.2. The van der Waals surface area contributed by atoms with E-state index in [-0.39, 0.29) is 18.8 Å². The molecule has 0 aromatic rings. The molecule has 3 aliphatic rings. The van der Waals surface area contributed by atoms with Crippen molar-refractivity contribution >= 4 is 12.3 Å². The van der Waals surface area contributed by atoms with Gasteiger partial charge in [-0.25, -0.2) is 9.59 Å². The fraction of sp³-hybridized carbons (Fsp3) is 0.882. The zero-order valence-electron chi connectivity index (χ0n) is 14.4. The highest BCUT2D eigenvalue weighted by Crippen LogP contribution is 2.29. The van der Waals surface area contributed by atoms with Crippen LogP contribution in [0.15, 0.2) is 0 Å². The number of carbonyl (C=O) groups excluding carboxylic acids is 2. The number of hydrogen-bond acceptors (Lipinski definition) is 8. The molecule has 2 saturated heterocycles. The SMILES string of the molecule is O=C1OCC(CCOCC2CCC(COCC3COC(=O)O3)CC2)O1. The molecular weight excluding hydrogens is 332 g/mol. The quantitative estimate of drug-likeness (QED) is 0.458. The third kappa shape index (κ3) is 6.04. The Morgan fingerprint density at radius 3 is 1.88 bits per heavy atom. The summed E-state index contributed by atoms with van der Waals surface area (Å²) in [5, 5.41) is 0. The molecule has 2 aliphatic heterocycles. The molecule has 142 valence electrons. The van der Waals surface area contributed by atoms with Gasteiger partial charge in [-0.05, 0) is 37.5 Å². The summed E-state index contributed by atoms with van der Waals surface area (Å²) in [4.78, 5) is 21.6. The monoisotopic (exact) mass is 358 g/mol. The van der Waals surface area contributed by atoms with Crippen LogP contribution in [0.5, 0.6) is 0 Å². The fourth-order valence-corrected chi connectivity index (χ4v) is 3.35. The van der Waals surface area contributed by atoms with Crippen LogP contribution in [0.2, 0.25) is 0 Å². The lowest BCUT2D eigenvalue weighted by atomic mass is 9.83. The second-order valence-corrected chi connectivity index (χ2v) is 6.89. The van der Waals surface area contributed by atoms with Gasteiger partial charge in [0.25, 0.3) is 0 Å². The van der Waals surface area contributed by atoms with Gasteiger partial charge in [-0.1, -0.05) is 0 Å². The van der Waals surface area contributed by atoms with Crippen LogP contribution < -0.4 is 0 Å². The molecule has 0 radical (unpaired) electrons. The third-order valence-corrected chi connectivity index (χ3v) is 4.86. The first-order valence-electron chi connectivity index (χ1n) is 9.01. The van der Waals surface area contributed by atoms with Gasteiger partial charge in [0.1, 0.15) is 19.3 Å². The zero-order valence-corrected chi connectivity index (χ0v) is 14.4. The van der Waals surface area contributed by atoms with E-state index in [1.54, 1.807) is 0 Å². The van der Waals surface area contributed by atoms with Crippen LogP contribution in [0.4, 0.5) is 9.59 Å². The molecular formula is C17H26O8. The third-order valence-electron chi connectivity index (χ3n) is 4.86. The Hall–Kier alpha value is -1.54. The molecule has 0 aromatic carbocycles. The van der Waals surface area contributed by atoms with E-state index in [1.807, 2.05) is 0 Å². The lowest BCUT2D eigenvalue weighted by Crippen LogP contribution is -2.25. The second kappa shape index (κ2) is 9.24. The minimum atomic E-state index is -0.604. The van der Waals surface area contributed by atoms with E-state index in [4.69, 9.17) is 28.4 Å². The van der Waals surface area contributed by atoms with E-state index in [1.165, 1.54) is 0 Å². The van der Waals surface area contributed by atoms with Gasteiger partial charge in [0.2, 0.25) is 0 Å². The van der Waals surface area contributed by atoms with Crippen molar-refractivity contribution in [1.29, 1.82) is 0 Å². The molecule has 8 nitrogen and oxygen atoms in total. The first-order valence-corrected chi connectivity index (χ1v) is 9.01. The van der Waals surface area contributed by atoms with Crippen LogP contribution in [-0.2, 0) is 28.4 Å². The van der Waals surface area contributed by atoms with Crippen LogP contribution in [0.1, 0.15) is 32.1 Å². The molecule has 8 heteroatoms. The van der Waals surface area contributed by atoms with Gasteiger partial charge < -0.3 is 28.4 Å². The van der Waals surface area contributed by atoms with E-state index < -0.39 is 12.3 Å². The number of ether oxygens (including phenoxy) is 6. The van der Waals surface area contributed by atoms with Gasteiger partial charge in [0.05, 0.1) is 13.2 Å². The minimum absolute atomic E-state index is 0.162. The van der Waals surface area contributed by atoms with Gasteiger partial charge in [-0.3, -0.25) is 0 Å². The van der Waals surface area contributed by atoms with Crippen molar-refractivity contribution in [3.05, 3.63) is 0 Å². The molecule has 1 aliphatic carbocycles. The van der Waals surface area contributed by atoms with Crippen molar-refractivity contribution in [2.75, 3.05) is 39.6 Å². The Kier molecular flexibility index (Phi) is 6.75. The van der Waals surface area contributed by atoms with E-state index in [9.17, 15) is 9.59 Å². The van der Waals surface area contributed by atoms with Gasteiger partial charge in [0.15, 0.2) is 6.10 Å². The second-order valence-electron chi connectivity index (χ2n) is 6.89. The van der Waals surface area contributed by atoms with Gasteiger partial charge >= 0.3 is 12.3 Å². The van der Waals surface area contributed by atoms with Crippen molar-refractivity contribution in [1.82, 2.24) is 0 Å². The number of cyclic esters (lactones) is 4. The summed E-state index contributed by atoms with van der Waals surface area (Å²) >= 11 is 0. The van der Waals surface area contributed by atoms with Crippen LogP contribution in [-0.4, -0.2) is 64.2 Å². The number of hydrogen-bond donors (Lipinski definition) is 0. The molecule has 3 rings (SSSR count). The van der Waals surface area contributed by atoms with Gasteiger partial charge in [-0.15, -0.1) is 0 Å². The van der Waals surface area contributed by atoms with E-state index >= 15 is 0 Å². The van der Waals surface area contributed by atoms with Crippen molar-refractivity contribution in [3.63, 3.8) is 0 Å². The van der Waals surface area contributed by atoms with Crippen molar-refractivity contribution in [3.8, 4) is 0 Å². The molecule has 0 N–H and O–H groups in total. The summed E-state index contributed by atoms with van der Waals surface area (Å²) < 4.78 is 30.7. The summed E-state index contributed by atoms with van der Waals surface area (Å²) in [6.07, 6.45) is 3.61. The highest BCUT2D eigenvalue weighted by atomic mass is 16.8. The fourth-order valence-electron chi connectivity index (χ4n) is 3.35. The Morgan fingerprint density at radius 1 is 0.760 bits per heavy atom. The van der Waals surface area contributed by atoms with Crippen LogP contribution >= 0.6 is 0 Å². The Labute approximate surface area is 147 Å². The average Bonchev–Trinajstić information content (AvgIpc) is 3.21. The average molecular weight is 358 g/mol. The zero-order chi connectivity index (χ0) is 17.5. The maximum atomic E-state index is 10.8. The van der Waals surface area contributed by atoms with Gasteiger partial charge in [0, 0.05) is 19.6 Å².